The Hall–Kier alpha value is -2.39. The van der Waals surface area contributed by atoms with Gasteiger partial charge in [0.2, 0.25) is 0 Å². The standard InChI is InChI=1S/C16H19N5S/c1-12-20-15(11-22-12)10-21(3)16(18-2)19-9-14-6-4-13(8-17)5-7-14/h4-7,11H,9-10H2,1-3H3,(H,18,19). The summed E-state index contributed by atoms with van der Waals surface area (Å²) in [6.07, 6.45) is 0. The number of nitrogens with zero attached hydrogens (tertiary/aromatic N) is 4. The summed E-state index contributed by atoms with van der Waals surface area (Å²) < 4.78 is 0. The molecule has 0 saturated heterocycles. The van der Waals surface area contributed by atoms with Crippen LogP contribution in [0.1, 0.15) is 21.8 Å². The molecule has 1 aromatic heterocycles. The van der Waals surface area contributed by atoms with Gasteiger partial charge in [-0.25, -0.2) is 4.98 Å². The van der Waals surface area contributed by atoms with Crippen LogP contribution in [0.2, 0.25) is 0 Å². The largest absolute Gasteiger partial charge is 0.352 e. The van der Waals surface area contributed by atoms with Gasteiger partial charge in [0.15, 0.2) is 5.96 Å². The van der Waals surface area contributed by atoms with Gasteiger partial charge in [-0.15, -0.1) is 11.3 Å². The van der Waals surface area contributed by atoms with Crippen LogP contribution in [0.15, 0.2) is 34.6 Å². The first-order chi connectivity index (χ1) is 10.6. The number of hydrogen-bond acceptors (Lipinski definition) is 4. The van der Waals surface area contributed by atoms with Crippen LogP contribution in [0.3, 0.4) is 0 Å². The fourth-order valence-electron chi connectivity index (χ4n) is 2.06. The van der Waals surface area contributed by atoms with Crippen LogP contribution >= 0.6 is 11.3 Å². The van der Waals surface area contributed by atoms with Gasteiger partial charge in [-0.2, -0.15) is 5.26 Å². The fraction of sp³-hybridized carbons (Fsp3) is 0.312. The highest BCUT2D eigenvalue weighted by Gasteiger charge is 2.08. The second kappa shape index (κ2) is 7.57. The van der Waals surface area contributed by atoms with Crippen LogP contribution in [0.4, 0.5) is 0 Å². The summed E-state index contributed by atoms with van der Waals surface area (Å²) in [5, 5.41) is 15.3. The third-order valence-corrected chi connectivity index (χ3v) is 4.00. The van der Waals surface area contributed by atoms with E-state index < -0.39 is 0 Å². The molecule has 5 nitrogen and oxygen atoms in total. The van der Waals surface area contributed by atoms with Gasteiger partial charge in [-0.3, -0.25) is 4.99 Å². The lowest BCUT2D eigenvalue weighted by atomic mass is 10.1. The van der Waals surface area contributed by atoms with E-state index >= 15 is 0 Å². The van der Waals surface area contributed by atoms with Gasteiger partial charge in [-0.1, -0.05) is 12.1 Å². The summed E-state index contributed by atoms with van der Waals surface area (Å²) >= 11 is 1.65. The lowest BCUT2D eigenvalue weighted by molar-refractivity contribution is 0.470. The monoisotopic (exact) mass is 313 g/mol. The Balaban J connectivity index is 1.92. The van der Waals surface area contributed by atoms with Crippen LogP contribution in [-0.2, 0) is 13.1 Å². The first kappa shape index (κ1) is 16.0. The molecule has 0 aliphatic heterocycles. The summed E-state index contributed by atoms with van der Waals surface area (Å²) in [7, 11) is 3.76. The first-order valence-electron chi connectivity index (χ1n) is 6.94. The molecule has 2 aromatic rings. The van der Waals surface area contributed by atoms with Gasteiger partial charge in [0.1, 0.15) is 0 Å². The van der Waals surface area contributed by atoms with E-state index in [-0.39, 0.29) is 0 Å². The van der Waals surface area contributed by atoms with Crippen LogP contribution < -0.4 is 5.32 Å². The van der Waals surface area contributed by atoms with Crippen molar-refractivity contribution in [3.05, 3.63) is 51.5 Å². The summed E-state index contributed by atoms with van der Waals surface area (Å²) in [5.74, 6) is 0.815. The van der Waals surface area contributed by atoms with E-state index in [1.54, 1.807) is 18.4 Å². The minimum absolute atomic E-state index is 0.665. The minimum Gasteiger partial charge on any atom is -0.352 e. The Kier molecular flexibility index (Phi) is 5.50. The van der Waals surface area contributed by atoms with Gasteiger partial charge >= 0.3 is 0 Å². The SMILES string of the molecule is CN=C(NCc1ccc(C#N)cc1)N(C)Cc1csc(C)n1. The number of aryl methyl sites for hydroxylation is 1. The molecule has 0 saturated carbocycles. The molecular weight excluding hydrogens is 294 g/mol. The van der Waals surface area contributed by atoms with Gasteiger partial charge in [0.05, 0.1) is 28.9 Å². The molecule has 0 atom stereocenters. The Labute approximate surface area is 135 Å². The molecule has 0 fully saturated rings. The number of nitrogens with one attached hydrogen (secondary N) is 1. The molecule has 0 spiro atoms. The second-order valence-corrected chi connectivity index (χ2v) is 5.99. The van der Waals surface area contributed by atoms with Gasteiger partial charge in [0.25, 0.3) is 0 Å². The highest BCUT2D eigenvalue weighted by molar-refractivity contribution is 7.09. The number of aromatic nitrogens is 1. The normalized spacial score (nSPS) is 11.1. The zero-order valence-corrected chi connectivity index (χ0v) is 13.8. The number of hydrogen-bond donors (Lipinski definition) is 1. The molecule has 6 heteroatoms. The van der Waals surface area contributed by atoms with E-state index in [0.29, 0.717) is 12.1 Å². The maximum atomic E-state index is 8.80. The maximum Gasteiger partial charge on any atom is 0.194 e. The summed E-state index contributed by atoms with van der Waals surface area (Å²) in [6.45, 7) is 3.39. The maximum absolute atomic E-state index is 8.80. The van der Waals surface area contributed by atoms with Gasteiger partial charge < -0.3 is 10.2 Å². The average molecular weight is 313 g/mol. The lowest BCUT2D eigenvalue weighted by Crippen LogP contribution is -2.38. The summed E-state index contributed by atoms with van der Waals surface area (Å²) in [6, 6.07) is 9.66. The van der Waals surface area contributed by atoms with Crippen LogP contribution in [0.25, 0.3) is 0 Å². The highest BCUT2D eigenvalue weighted by Crippen LogP contribution is 2.10. The summed E-state index contributed by atoms with van der Waals surface area (Å²) in [4.78, 5) is 10.8. The number of nitriles is 1. The van der Waals surface area contributed by atoms with E-state index in [0.717, 1.165) is 28.8 Å². The smallest absolute Gasteiger partial charge is 0.194 e. The predicted octanol–water partition coefficient (Wildman–Crippen LogP) is 2.53. The molecule has 0 bridgehead atoms. The zero-order chi connectivity index (χ0) is 15.9. The third-order valence-electron chi connectivity index (χ3n) is 3.17. The molecular formula is C16H19N5S. The third kappa shape index (κ3) is 4.30. The number of thiazole rings is 1. The lowest BCUT2D eigenvalue weighted by Gasteiger charge is -2.21. The van der Waals surface area contributed by atoms with E-state index in [4.69, 9.17) is 5.26 Å². The fourth-order valence-corrected chi connectivity index (χ4v) is 2.67. The molecule has 114 valence electrons. The van der Waals surface area contributed by atoms with Crippen molar-refractivity contribution in [1.82, 2.24) is 15.2 Å². The van der Waals surface area contributed by atoms with Crippen molar-refractivity contribution < 1.29 is 0 Å². The van der Waals surface area contributed by atoms with Crippen molar-refractivity contribution in [3.8, 4) is 6.07 Å². The van der Waals surface area contributed by atoms with Crippen molar-refractivity contribution in [1.29, 1.82) is 5.26 Å². The number of guanidine groups is 1. The van der Waals surface area contributed by atoms with Crippen molar-refractivity contribution in [2.24, 2.45) is 4.99 Å². The number of benzene rings is 1. The van der Waals surface area contributed by atoms with Crippen LogP contribution in [0, 0.1) is 18.3 Å². The van der Waals surface area contributed by atoms with Crippen molar-refractivity contribution in [3.63, 3.8) is 0 Å². The quantitative estimate of drug-likeness (QED) is 0.696. The van der Waals surface area contributed by atoms with Crippen molar-refractivity contribution in [2.45, 2.75) is 20.0 Å². The van der Waals surface area contributed by atoms with E-state index in [1.807, 2.05) is 43.1 Å². The van der Waals surface area contributed by atoms with Crippen molar-refractivity contribution in [2.75, 3.05) is 14.1 Å². The van der Waals surface area contributed by atoms with Gasteiger partial charge in [-0.05, 0) is 24.6 Å². The van der Waals surface area contributed by atoms with E-state index in [1.165, 1.54) is 0 Å². The Bertz CT molecular complexity index is 681. The molecule has 0 aliphatic carbocycles. The molecule has 1 aromatic carbocycles. The van der Waals surface area contributed by atoms with Crippen LogP contribution in [0.5, 0.6) is 0 Å². The second-order valence-electron chi connectivity index (χ2n) is 4.92. The summed E-state index contributed by atoms with van der Waals surface area (Å²) in [5.41, 5.74) is 2.83. The predicted molar refractivity (Wildman–Crippen MR) is 89.7 cm³/mol. The molecule has 2 rings (SSSR count). The Morgan fingerprint density at radius 2 is 2.14 bits per heavy atom. The first-order valence-corrected chi connectivity index (χ1v) is 7.82. The van der Waals surface area contributed by atoms with Gasteiger partial charge in [0, 0.05) is 26.0 Å². The Morgan fingerprint density at radius 1 is 1.41 bits per heavy atom. The molecule has 0 aliphatic rings. The topological polar surface area (TPSA) is 64.3 Å². The molecule has 0 unspecified atom stereocenters. The average Bonchev–Trinajstić information content (AvgIpc) is 2.93. The molecule has 1 heterocycles. The number of aliphatic imine (C=N–C) groups is 1. The molecule has 22 heavy (non-hydrogen) atoms. The van der Waals surface area contributed by atoms with E-state index in [2.05, 4.69) is 26.7 Å². The molecule has 1 N–H and O–H groups in total. The van der Waals surface area contributed by atoms with E-state index in [9.17, 15) is 0 Å². The Morgan fingerprint density at radius 3 is 2.68 bits per heavy atom. The highest BCUT2D eigenvalue weighted by atomic mass is 32.1. The van der Waals surface area contributed by atoms with Crippen LogP contribution in [-0.4, -0.2) is 29.9 Å². The zero-order valence-electron chi connectivity index (χ0n) is 13.0. The van der Waals surface area contributed by atoms with Crippen molar-refractivity contribution >= 4 is 17.3 Å². The molecule has 0 radical (unpaired) electrons. The number of rotatable bonds is 4. The molecule has 0 amide bonds. The minimum atomic E-state index is 0.665.